The molecule has 2 amide bonds. The highest BCUT2D eigenvalue weighted by atomic mass is 16.5. The number of rotatable bonds is 6. The van der Waals surface area contributed by atoms with Gasteiger partial charge in [-0.15, -0.1) is 0 Å². The maximum absolute atomic E-state index is 12.7. The minimum absolute atomic E-state index is 0.0250. The highest BCUT2D eigenvalue weighted by molar-refractivity contribution is 5.85. The van der Waals surface area contributed by atoms with Crippen LogP contribution in [-0.2, 0) is 16.1 Å². The number of benzene rings is 1. The average Bonchev–Trinajstić information content (AvgIpc) is 2.73. The van der Waals surface area contributed by atoms with Crippen LogP contribution >= 0.6 is 0 Å². The van der Waals surface area contributed by atoms with Gasteiger partial charge in [0.1, 0.15) is 5.75 Å². The molecule has 1 aliphatic carbocycles. The van der Waals surface area contributed by atoms with Crippen molar-refractivity contribution in [2.75, 3.05) is 20.7 Å². The lowest BCUT2D eigenvalue weighted by Gasteiger charge is -2.33. The topological polar surface area (TPSA) is 70.7 Å². The monoisotopic (exact) mass is 387 g/mol. The van der Waals surface area contributed by atoms with E-state index >= 15 is 0 Å². The fourth-order valence-electron chi connectivity index (χ4n) is 3.95. The van der Waals surface area contributed by atoms with Gasteiger partial charge in [0, 0.05) is 44.6 Å². The Labute approximate surface area is 168 Å². The van der Waals surface area contributed by atoms with Gasteiger partial charge in [0.25, 0.3) is 0 Å². The van der Waals surface area contributed by atoms with Crippen molar-refractivity contribution in [1.29, 1.82) is 0 Å². The molecule has 1 aliphatic heterocycles. The number of carbonyl (C=O) groups excluding carboxylic acids is 2. The van der Waals surface area contributed by atoms with E-state index in [2.05, 4.69) is 10.6 Å². The van der Waals surface area contributed by atoms with Crippen molar-refractivity contribution < 1.29 is 14.3 Å². The van der Waals surface area contributed by atoms with Crippen molar-refractivity contribution in [2.24, 2.45) is 5.92 Å². The molecule has 3 rings (SSSR count). The molecule has 2 N–H and O–H groups in total. The third-order valence-electron chi connectivity index (χ3n) is 6.02. The lowest BCUT2D eigenvalue weighted by molar-refractivity contribution is -0.135. The zero-order valence-electron chi connectivity index (χ0n) is 17.1. The van der Waals surface area contributed by atoms with E-state index in [4.69, 9.17) is 4.74 Å². The van der Waals surface area contributed by atoms with Crippen LogP contribution < -0.4 is 15.4 Å². The number of methoxy groups -OCH3 is 1. The van der Waals surface area contributed by atoms with Crippen LogP contribution in [0.1, 0.15) is 50.5 Å². The average molecular weight is 388 g/mol. The molecule has 28 heavy (non-hydrogen) atoms. The Balaban J connectivity index is 1.53. The van der Waals surface area contributed by atoms with Crippen LogP contribution in [0.2, 0.25) is 0 Å². The number of nitrogens with one attached hydrogen (secondary N) is 2. The maximum Gasteiger partial charge on any atom is 0.223 e. The predicted octanol–water partition coefficient (Wildman–Crippen LogP) is 2.47. The van der Waals surface area contributed by atoms with Gasteiger partial charge in [-0.1, -0.05) is 25.0 Å². The van der Waals surface area contributed by atoms with Gasteiger partial charge in [-0.25, -0.2) is 0 Å². The first-order chi connectivity index (χ1) is 13.5. The molecule has 0 spiro atoms. The van der Waals surface area contributed by atoms with Gasteiger partial charge >= 0.3 is 0 Å². The van der Waals surface area contributed by atoms with E-state index in [1.54, 1.807) is 12.0 Å². The summed E-state index contributed by atoms with van der Waals surface area (Å²) in [6, 6.07) is 8.60. The molecule has 1 aromatic carbocycles. The molecule has 0 radical (unpaired) electrons. The first-order valence-corrected chi connectivity index (χ1v) is 10.5. The third kappa shape index (κ3) is 5.71. The summed E-state index contributed by atoms with van der Waals surface area (Å²) in [6.07, 6.45) is 6.81. The Morgan fingerprint density at radius 1 is 1.11 bits per heavy atom. The van der Waals surface area contributed by atoms with Gasteiger partial charge in [0.05, 0.1) is 7.11 Å². The molecule has 0 aromatic heterocycles. The second-order valence-electron chi connectivity index (χ2n) is 8.16. The van der Waals surface area contributed by atoms with Gasteiger partial charge in [0.15, 0.2) is 0 Å². The molecule has 1 aromatic rings. The fourth-order valence-corrected chi connectivity index (χ4v) is 3.95. The Morgan fingerprint density at radius 3 is 2.43 bits per heavy atom. The number of amides is 2. The lowest BCUT2D eigenvalue weighted by atomic mass is 9.91. The highest BCUT2D eigenvalue weighted by Gasteiger charge is 2.28. The zero-order valence-corrected chi connectivity index (χ0v) is 17.1. The van der Waals surface area contributed by atoms with Gasteiger partial charge in [-0.2, -0.15) is 0 Å². The van der Waals surface area contributed by atoms with Crippen LogP contribution in [0.3, 0.4) is 0 Å². The summed E-state index contributed by atoms with van der Waals surface area (Å²) in [5.74, 6) is 0.579. The summed E-state index contributed by atoms with van der Waals surface area (Å²) in [5.41, 5.74) is 1.02. The van der Waals surface area contributed by atoms with Crippen molar-refractivity contribution in [2.45, 2.75) is 63.6 Å². The molecule has 154 valence electrons. The molecule has 1 saturated carbocycles. The van der Waals surface area contributed by atoms with Gasteiger partial charge in [-0.05, 0) is 43.4 Å². The molecule has 0 bridgehead atoms. The predicted molar refractivity (Wildman–Crippen MR) is 109 cm³/mol. The molecule has 6 heteroatoms. The van der Waals surface area contributed by atoms with E-state index in [1.807, 2.05) is 31.3 Å². The van der Waals surface area contributed by atoms with Crippen LogP contribution in [0.4, 0.5) is 0 Å². The number of likely N-dealkylation sites (N-methyl/N-ethyl adjacent to an activating group) is 1. The minimum atomic E-state index is -0.254. The van der Waals surface area contributed by atoms with Gasteiger partial charge < -0.3 is 20.3 Å². The van der Waals surface area contributed by atoms with Crippen molar-refractivity contribution >= 4 is 11.8 Å². The molecule has 1 heterocycles. The lowest BCUT2D eigenvalue weighted by Crippen LogP contribution is -2.48. The molecule has 2 aliphatic rings. The highest BCUT2D eigenvalue weighted by Crippen LogP contribution is 2.23. The summed E-state index contributed by atoms with van der Waals surface area (Å²) < 4.78 is 5.16. The van der Waals surface area contributed by atoms with Crippen LogP contribution in [0.25, 0.3) is 0 Å². The first-order valence-electron chi connectivity index (χ1n) is 10.5. The van der Waals surface area contributed by atoms with Crippen molar-refractivity contribution in [3.63, 3.8) is 0 Å². The number of hydrogen-bond donors (Lipinski definition) is 2. The number of ether oxygens (including phenoxy) is 1. The second-order valence-corrected chi connectivity index (χ2v) is 8.16. The van der Waals surface area contributed by atoms with Crippen LogP contribution in [-0.4, -0.2) is 49.5 Å². The Kier molecular flexibility index (Phi) is 7.31. The third-order valence-corrected chi connectivity index (χ3v) is 6.02. The smallest absolute Gasteiger partial charge is 0.223 e. The molecular weight excluding hydrogens is 354 g/mol. The minimum Gasteiger partial charge on any atom is -0.497 e. The molecular formula is C22H33N3O3. The van der Waals surface area contributed by atoms with E-state index < -0.39 is 0 Å². The van der Waals surface area contributed by atoms with Crippen molar-refractivity contribution in [1.82, 2.24) is 15.5 Å². The second kappa shape index (κ2) is 9.92. The Hall–Kier alpha value is -2.08. The van der Waals surface area contributed by atoms with E-state index in [0.717, 1.165) is 37.1 Å². The van der Waals surface area contributed by atoms with Gasteiger partial charge in [0.2, 0.25) is 11.8 Å². The van der Waals surface area contributed by atoms with Crippen molar-refractivity contribution in [3.05, 3.63) is 29.8 Å². The molecule has 1 saturated heterocycles. The summed E-state index contributed by atoms with van der Waals surface area (Å²) in [6.45, 7) is 1.20. The Bertz CT molecular complexity index is 657. The largest absolute Gasteiger partial charge is 0.497 e. The first kappa shape index (κ1) is 20.6. The molecule has 2 atom stereocenters. The molecule has 0 unspecified atom stereocenters. The summed E-state index contributed by atoms with van der Waals surface area (Å²) >= 11 is 0. The van der Waals surface area contributed by atoms with E-state index in [9.17, 15) is 9.59 Å². The molecule has 2 fully saturated rings. The van der Waals surface area contributed by atoms with E-state index in [-0.39, 0.29) is 17.7 Å². The quantitative estimate of drug-likeness (QED) is 0.787. The van der Waals surface area contributed by atoms with Gasteiger partial charge in [-0.3, -0.25) is 9.59 Å². The number of carbonyl (C=O) groups is 2. The SMILES string of the molecule is COc1ccc(CNC(=O)[C@@H]2CCC[C@@H](NC3CCC3)CN(C)C(=O)C2)cc1. The maximum atomic E-state index is 12.7. The number of hydrogen-bond acceptors (Lipinski definition) is 4. The molecule has 6 nitrogen and oxygen atoms in total. The Morgan fingerprint density at radius 2 is 1.79 bits per heavy atom. The fraction of sp³-hybridized carbons (Fsp3) is 0.636. The standard InChI is InChI=1S/C22H33N3O3/c1-25-15-19(24-18-6-4-7-18)8-3-5-17(13-21(25)26)22(27)23-14-16-9-11-20(28-2)12-10-16/h9-12,17-19,24H,3-8,13-15H2,1-2H3,(H,23,27)/t17-,19-/m1/s1. The summed E-state index contributed by atoms with van der Waals surface area (Å²) in [5, 5.41) is 6.70. The number of nitrogens with zero attached hydrogens (tertiary/aromatic N) is 1. The zero-order chi connectivity index (χ0) is 19.9. The van der Waals surface area contributed by atoms with Crippen LogP contribution in [0.5, 0.6) is 5.75 Å². The van der Waals surface area contributed by atoms with E-state index in [1.165, 1.54) is 19.3 Å². The summed E-state index contributed by atoms with van der Waals surface area (Å²) in [4.78, 5) is 27.1. The van der Waals surface area contributed by atoms with E-state index in [0.29, 0.717) is 25.0 Å². The normalized spacial score (nSPS) is 23.9. The van der Waals surface area contributed by atoms with Crippen molar-refractivity contribution in [3.8, 4) is 5.75 Å². The van der Waals surface area contributed by atoms with Crippen LogP contribution in [0.15, 0.2) is 24.3 Å². The van der Waals surface area contributed by atoms with Crippen LogP contribution in [0, 0.1) is 5.92 Å². The summed E-state index contributed by atoms with van der Waals surface area (Å²) in [7, 11) is 3.49.